The molecule has 162 valence electrons. The Hall–Kier alpha value is -3.94. The Morgan fingerprint density at radius 2 is 1.59 bits per heavy atom. The lowest BCUT2D eigenvalue weighted by Crippen LogP contribution is -2.22. The van der Waals surface area contributed by atoms with E-state index >= 15 is 0 Å². The predicted molar refractivity (Wildman–Crippen MR) is 116 cm³/mol. The second-order valence-electron chi connectivity index (χ2n) is 7.40. The summed E-state index contributed by atoms with van der Waals surface area (Å²) in [6, 6.07) is 16.1. The van der Waals surface area contributed by atoms with E-state index in [1.807, 2.05) is 31.2 Å². The molecular weight excluding hydrogens is 419 g/mol. The molecule has 3 aromatic carbocycles. The predicted octanol–water partition coefficient (Wildman–Crippen LogP) is 5.27. The van der Waals surface area contributed by atoms with E-state index in [4.69, 9.17) is 0 Å². The number of hydrogen-bond donors (Lipinski definition) is 1. The standard InChI is InChI=1S/C24H18F3N3O2/c1-14-3-10-19(11-4-14)30-15(2)28-21-12-9-18(13-20(21)23(30)32)29-22(31)16-5-7-17(8-6-16)24(25,26)27/h3-13H,1-2H3,(H,29,31). The molecule has 0 radical (unpaired) electrons. The van der Waals surface area contributed by atoms with E-state index in [0.717, 1.165) is 29.8 Å². The summed E-state index contributed by atoms with van der Waals surface area (Å²) in [7, 11) is 0. The van der Waals surface area contributed by atoms with Gasteiger partial charge in [-0.2, -0.15) is 13.2 Å². The number of aryl methyl sites for hydroxylation is 2. The Morgan fingerprint density at radius 1 is 0.938 bits per heavy atom. The van der Waals surface area contributed by atoms with Crippen LogP contribution < -0.4 is 10.9 Å². The fourth-order valence-electron chi connectivity index (χ4n) is 3.39. The third-order valence-corrected chi connectivity index (χ3v) is 5.06. The number of aromatic nitrogens is 2. The number of amides is 1. The number of hydrogen-bond acceptors (Lipinski definition) is 3. The number of benzene rings is 3. The molecule has 0 atom stereocenters. The maximum Gasteiger partial charge on any atom is 0.416 e. The van der Waals surface area contributed by atoms with Crippen molar-refractivity contribution in [1.82, 2.24) is 9.55 Å². The summed E-state index contributed by atoms with van der Waals surface area (Å²) < 4.78 is 39.6. The summed E-state index contributed by atoms with van der Waals surface area (Å²) in [4.78, 5) is 30.1. The van der Waals surface area contributed by atoms with Crippen LogP contribution in [-0.4, -0.2) is 15.5 Å². The quantitative estimate of drug-likeness (QED) is 0.475. The van der Waals surface area contributed by atoms with Crippen LogP contribution in [0.1, 0.15) is 27.3 Å². The zero-order valence-electron chi connectivity index (χ0n) is 17.2. The summed E-state index contributed by atoms with van der Waals surface area (Å²) in [5.74, 6) is -0.0649. The molecule has 0 aliphatic rings. The van der Waals surface area contributed by atoms with Crippen molar-refractivity contribution in [2.45, 2.75) is 20.0 Å². The topological polar surface area (TPSA) is 64.0 Å². The molecule has 1 N–H and O–H groups in total. The molecule has 1 heterocycles. The largest absolute Gasteiger partial charge is 0.416 e. The lowest BCUT2D eigenvalue weighted by atomic mass is 10.1. The molecule has 4 aromatic rings. The molecule has 0 saturated carbocycles. The van der Waals surface area contributed by atoms with Crippen molar-refractivity contribution in [3.05, 3.63) is 99.6 Å². The van der Waals surface area contributed by atoms with E-state index in [-0.39, 0.29) is 11.1 Å². The second kappa shape index (κ2) is 7.96. The van der Waals surface area contributed by atoms with Crippen LogP contribution in [-0.2, 0) is 6.18 Å². The third-order valence-electron chi connectivity index (χ3n) is 5.06. The van der Waals surface area contributed by atoms with E-state index < -0.39 is 17.6 Å². The van der Waals surface area contributed by atoms with Crippen LogP contribution in [0.3, 0.4) is 0 Å². The van der Waals surface area contributed by atoms with Crippen LogP contribution >= 0.6 is 0 Å². The molecule has 0 aliphatic carbocycles. The van der Waals surface area contributed by atoms with Gasteiger partial charge in [-0.3, -0.25) is 14.2 Å². The normalized spacial score (nSPS) is 11.5. The van der Waals surface area contributed by atoms with E-state index in [9.17, 15) is 22.8 Å². The van der Waals surface area contributed by atoms with Crippen molar-refractivity contribution in [2.24, 2.45) is 0 Å². The van der Waals surface area contributed by atoms with Gasteiger partial charge in [0.05, 0.1) is 22.2 Å². The van der Waals surface area contributed by atoms with Gasteiger partial charge < -0.3 is 5.32 Å². The van der Waals surface area contributed by atoms with Gasteiger partial charge in [0.2, 0.25) is 0 Å². The first-order valence-corrected chi connectivity index (χ1v) is 9.72. The van der Waals surface area contributed by atoms with Crippen molar-refractivity contribution in [3.63, 3.8) is 0 Å². The van der Waals surface area contributed by atoms with Crippen molar-refractivity contribution < 1.29 is 18.0 Å². The molecule has 0 saturated heterocycles. The zero-order chi connectivity index (χ0) is 23.0. The van der Waals surface area contributed by atoms with Gasteiger partial charge in [-0.1, -0.05) is 17.7 Å². The average Bonchev–Trinajstić information content (AvgIpc) is 2.75. The fraction of sp³-hybridized carbons (Fsp3) is 0.125. The van der Waals surface area contributed by atoms with Crippen molar-refractivity contribution in [1.29, 1.82) is 0 Å². The third kappa shape index (κ3) is 4.12. The highest BCUT2D eigenvalue weighted by molar-refractivity contribution is 6.05. The summed E-state index contributed by atoms with van der Waals surface area (Å²) in [6.45, 7) is 3.69. The minimum Gasteiger partial charge on any atom is -0.322 e. The minimum atomic E-state index is -4.48. The molecule has 0 spiro atoms. The Kier molecular flexibility index (Phi) is 5.30. The first-order valence-electron chi connectivity index (χ1n) is 9.72. The molecule has 4 rings (SSSR count). The zero-order valence-corrected chi connectivity index (χ0v) is 17.2. The summed E-state index contributed by atoms with van der Waals surface area (Å²) in [5, 5.41) is 2.93. The van der Waals surface area contributed by atoms with Crippen molar-refractivity contribution in [2.75, 3.05) is 5.32 Å². The van der Waals surface area contributed by atoms with E-state index in [2.05, 4.69) is 10.3 Å². The number of nitrogens with zero attached hydrogens (tertiary/aromatic N) is 2. The number of carbonyl (C=O) groups is 1. The number of nitrogens with one attached hydrogen (secondary N) is 1. The molecule has 0 bridgehead atoms. The van der Waals surface area contributed by atoms with Gasteiger partial charge in [-0.25, -0.2) is 4.98 Å². The van der Waals surface area contributed by atoms with Gasteiger partial charge in [0, 0.05) is 11.3 Å². The summed E-state index contributed by atoms with van der Waals surface area (Å²) >= 11 is 0. The van der Waals surface area contributed by atoms with E-state index in [1.54, 1.807) is 19.1 Å². The van der Waals surface area contributed by atoms with Crippen LogP contribution in [0, 0.1) is 13.8 Å². The van der Waals surface area contributed by atoms with Crippen LogP contribution in [0.2, 0.25) is 0 Å². The Bertz CT molecular complexity index is 1370. The molecule has 32 heavy (non-hydrogen) atoms. The van der Waals surface area contributed by atoms with Gasteiger partial charge in [-0.05, 0) is 68.4 Å². The van der Waals surface area contributed by atoms with Gasteiger partial charge in [0.1, 0.15) is 5.82 Å². The number of anilines is 1. The lowest BCUT2D eigenvalue weighted by molar-refractivity contribution is -0.137. The van der Waals surface area contributed by atoms with Crippen LogP contribution in [0.4, 0.5) is 18.9 Å². The van der Waals surface area contributed by atoms with Crippen LogP contribution in [0.15, 0.2) is 71.5 Å². The highest BCUT2D eigenvalue weighted by Gasteiger charge is 2.30. The molecule has 1 amide bonds. The lowest BCUT2D eigenvalue weighted by Gasteiger charge is -2.12. The van der Waals surface area contributed by atoms with Gasteiger partial charge in [-0.15, -0.1) is 0 Å². The van der Waals surface area contributed by atoms with E-state index in [1.165, 1.54) is 10.6 Å². The smallest absolute Gasteiger partial charge is 0.322 e. The Labute approximate surface area is 181 Å². The molecule has 0 fully saturated rings. The van der Waals surface area contributed by atoms with Gasteiger partial charge in [0.25, 0.3) is 11.5 Å². The first kappa shape index (κ1) is 21.3. The molecule has 8 heteroatoms. The number of alkyl halides is 3. The average molecular weight is 437 g/mol. The highest BCUT2D eigenvalue weighted by Crippen LogP contribution is 2.29. The maximum absolute atomic E-state index is 13.2. The Morgan fingerprint density at radius 3 is 2.22 bits per heavy atom. The molecular formula is C24H18F3N3O2. The number of rotatable bonds is 3. The SMILES string of the molecule is Cc1ccc(-n2c(C)nc3ccc(NC(=O)c4ccc(C(F)(F)F)cc4)cc3c2=O)cc1. The molecule has 0 aliphatic heterocycles. The summed E-state index contributed by atoms with van der Waals surface area (Å²) in [5.41, 5.74) is 1.48. The molecule has 0 unspecified atom stereocenters. The van der Waals surface area contributed by atoms with E-state index in [0.29, 0.717) is 28.1 Å². The fourth-order valence-corrected chi connectivity index (χ4v) is 3.39. The maximum atomic E-state index is 13.2. The monoisotopic (exact) mass is 437 g/mol. The van der Waals surface area contributed by atoms with Crippen molar-refractivity contribution >= 4 is 22.5 Å². The molecule has 5 nitrogen and oxygen atoms in total. The summed E-state index contributed by atoms with van der Waals surface area (Å²) in [6.07, 6.45) is -4.48. The number of halogens is 3. The van der Waals surface area contributed by atoms with Crippen LogP contribution in [0.25, 0.3) is 16.6 Å². The van der Waals surface area contributed by atoms with Crippen LogP contribution in [0.5, 0.6) is 0 Å². The number of fused-ring (bicyclic) bond motifs is 1. The minimum absolute atomic E-state index is 0.0668. The van der Waals surface area contributed by atoms with Gasteiger partial charge in [0.15, 0.2) is 0 Å². The second-order valence-corrected chi connectivity index (χ2v) is 7.40. The molecule has 1 aromatic heterocycles. The first-order chi connectivity index (χ1) is 15.1. The number of carbonyl (C=O) groups excluding carboxylic acids is 1. The Balaban J connectivity index is 1.68. The van der Waals surface area contributed by atoms with Crippen molar-refractivity contribution in [3.8, 4) is 5.69 Å². The highest BCUT2D eigenvalue weighted by atomic mass is 19.4. The van der Waals surface area contributed by atoms with Gasteiger partial charge >= 0.3 is 6.18 Å².